The van der Waals surface area contributed by atoms with Gasteiger partial charge in [-0.3, -0.25) is 9.69 Å². The summed E-state index contributed by atoms with van der Waals surface area (Å²) in [5.74, 6) is -0.455. The molecule has 0 aliphatic heterocycles. The zero-order valence-electron chi connectivity index (χ0n) is 13.8. The third-order valence-corrected chi connectivity index (χ3v) is 4.53. The molecule has 1 unspecified atom stereocenters. The van der Waals surface area contributed by atoms with Gasteiger partial charge in [-0.2, -0.15) is 13.2 Å². The van der Waals surface area contributed by atoms with Crippen LogP contribution >= 0.6 is 0 Å². The van der Waals surface area contributed by atoms with Crippen LogP contribution < -0.4 is 5.32 Å². The standard InChI is InChI=1S/C19H19F3N2O/c1-24(17-11-10-13-6-2-3-7-14(13)17)12-18(25)23-16-9-5-4-8-15(16)19(20,21)22/h2-9,17H,10-12H2,1H3,(H,23,25). The van der Waals surface area contributed by atoms with Crippen LogP contribution in [0.5, 0.6) is 0 Å². The van der Waals surface area contributed by atoms with Gasteiger partial charge in [-0.25, -0.2) is 0 Å². The second-order valence-electron chi connectivity index (χ2n) is 6.26. The predicted octanol–water partition coefficient (Wildman–Crippen LogP) is 4.26. The number of rotatable bonds is 4. The summed E-state index contributed by atoms with van der Waals surface area (Å²) >= 11 is 0. The lowest BCUT2D eigenvalue weighted by molar-refractivity contribution is -0.137. The zero-order chi connectivity index (χ0) is 18.0. The minimum Gasteiger partial charge on any atom is -0.324 e. The third kappa shape index (κ3) is 3.85. The second kappa shape index (κ2) is 6.88. The van der Waals surface area contributed by atoms with E-state index in [1.165, 1.54) is 29.3 Å². The summed E-state index contributed by atoms with van der Waals surface area (Å²) in [6.07, 6.45) is -2.65. The van der Waals surface area contributed by atoms with Crippen LogP contribution in [-0.2, 0) is 17.4 Å². The number of carbonyl (C=O) groups is 1. The minimum absolute atomic E-state index is 0.0329. The van der Waals surface area contributed by atoms with Crippen molar-refractivity contribution in [2.75, 3.05) is 18.9 Å². The molecule has 0 aromatic heterocycles. The van der Waals surface area contributed by atoms with Crippen molar-refractivity contribution >= 4 is 11.6 Å². The maximum Gasteiger partial charge on any atom is 0.418 e. The van der Waals surface area contributed by atoms with Crippen molar-refractivity contribution in [3.05, 3.63) is 65.2 Å². The van der Waals surface area contributed by atoms with E-state index in [0.717, 1.165) is 18.9 Å². The van der Waals surface area contributed by atoms with Crippen LogP contribution in [0.15, 0.2) is 48.5 Å². The van der Waals surface area contributed by atoms with Gasteiger partial charge in [0.25, 0.3) is 0 Å². The number of anilines is 1. The summed E-state index contributed by atoms with van der Waals surface area (Å²) in [6.45, 7) is 0.0329. The number of nitrogens with one attached hydrogen (secondary N) is 1. The largest absolute Gasteiger partial charge is 0.418 e. The Morgan fingerprint density at radius 3 is 2.60 bits per heavy atom. The number of aryl methyl sites for hydroxylation is 1. The van der Waals surface area contributed by atoms with E-state index in [2.05, 4.69) is 11.4 Å². The summed E-state index contributed by atoms with van der Waals surface area (Å²) in [4.78, 5) is 14.1. The number of alkyl halides is 3. The van der Waals surface area contributed by atoms with Crippen LogP contribution in [0.1, 0.15) is 29.2 Å². The molecular weight excluding hydrogens is 329 g/mol. The molecule has 0 heterocycles. The molecule has 132 valence electrons. The Bertz CT molecular complexity index is 773. The predicted molar refractivity (Wildman–Crippen MR) is 90.2 cm³/mol. The van der Waals surface area contributed by atoms with Crippen LogP contribution in [0.4, 0.5) is 18.9 Å². The zero-order valence-corrected chi connectivity index (χ0v) is 13.8. The number of fused-ring (bicyclic) bond motifs is 1. The molecule has 1 aliphatic carbocycles. The first-order valence-electron chi connectivity index (χ1n) is 8.10. The van der Waals surface area contributed by atoms with Crippen molar-refractivity contribution in [1.29, 1.82) is 0 Å². The molecule has 0 spiro atoms. The highest BCUT2D eigenvalue weighted by Gasteiger charge is 2.34. The number of amides is 1. The average molecular weight is 348 g/mol. The van der Waals surface area contributed by atoms with Crippen molar-refractivity contribution in [1.82, 2.24) is 4.90 Å². The van der Waals surface area contributed by atoms with Gasteiger partial charge in [0.2, 0.25) is 5.91 Å². The number of benzene rings is 2. The van der Waals surface area contributed by atoms with E-state index in [-0.39, 0.29) is 18.3 Å². The van der Waals surface area contributed by atoms with E-state index < -0.39 is 17.6 Å². The Kier molecular flexibility index (Phi) is 4.81. The molecule has 2 aromatic rings. The molecule has 1 amide bonds. The fourth-order valence-corrected chi connectivity index (χ4v) is 3.36. The van der Waals surface area contributed by atoms with Gasteiger partial charge in [-0.05, 0) is 43.1 Å². The van der Waals surface area contributed by atoms with E-state index in [4.69, 9.17) is 0 Å². The molecular formula is C19H19F3N2O. The molecule has 25 heavy (non-hydrogen) atoms. The molecule has 6 heteroatoms. The minimum atomic E-state index is -4.50. The molecule has 0 saturated carbocycles. The fourth-order valence-electron chi connectivity index (χ4n) is 3.36. The van der Waals surface area contributed by atoms with E-state index in [0.29, 0.717) is 0 Å². The normalized spacial score (nSPS) is 16.8. The molecule has 0 radical (unpaired) electrons. The van der Waals surface area contributed by atoms with Crippen molar-refractivity contribution in [2.45, 2.75) is 25.1 Å². The molecule has 0 fully saturated rings. The monoisotopic (exact) mass is 348 g/mol. The number of hydrogen-bond acceptors (Lipinski definition) is 2. The number of para-hydroxylation sites is 1. The molecule has 2 aromatic carbocycles. The average Bonchev–Trinajstić information content (AvgIpc) is 2.98. The Morgan fingerprint density at radius 1 is 1.16 bits per heavy atom. The summed E-state index contributed by atoms with van der Waals surface area (Å²) in [6, 6.07) is 13.2. The Labute approximate surface area is 144 Å². The fraction of sp³-hybridized carbons (Fsp3) is 0.316. The topological polar surface area (TPSA) is 32.3 Å². The smallest absolute Gasteiger partial charge is 0.324 e. The molecule has 1 aliphatic rings. The van der Waals surface area contributed by atoms with Crippen LogP contribution in [0.25, 0.3) is 0 Å². The summed E-state index contributed by atoms with van der Waals surface area (Å²) in [5.41, 5.74) is 1.41. The Hall–Kier alpha value is -2.34. The van der Waals surface area contributed by atoms with Gasteiger partial charge in [0, 0.05) is 6.04 Å². The molecule has 3 rings (SSSR count). The van der Waals surface area contributed by atoms with Crippen molar-refractivity contribution < 1.29 is 18.0 Å². The van der Waals surface area contributed by atoms with E-state index in [1.807, 2.05) is 30.1 Å². The molecule has 1 N–H and O–H groups in total. The highest BCUT2D eigenvalue weighted by Crippen LogP contribution is 2.36. The SMILES string of the molecule is CN(CC(=O)Nc1ccccc1C(F)(F)F)C1CCc2ccccc21. The highest BCUT2D eigenvalue weighted by atomic mass is 19.4. The Balaban J connectivity index is 1.68. The van der Waals surface area contributed by atoms with Gasteiger partial charge in [-0.1, -0.05) is 36.4 Å². The third-order valence-electron chi connectivity index (χ3n) is 4.53. The van der Waals surface area contributed by atoms with Crippen LogP contribution in [-0.4, -0.2) is 24.4 Å². The number of carbonyl (C=O) groups excluding carboxylic acids is 1. The van der Waals surface area contributed by atoms with Crippen LogP contribution in [0, 0.1) is 0 Å². The van der Waals surface area contributed by atoms with Gasteiger partial charge in [0.15, 0.2) is 0 Å². The molecule has 1 atom stereocenters. The first-order chi connectivity index (χ1) is 11.9. The summed E-state index contributed by atoms with van der Waals surface area (Å²) in [7, 11) is 1.82. The van der Waals surface area contributed by atoms with Gasteiger partial charge in [0.1, 0.15) is 0 Å². The van der Waals surface area contributed by atoms with E-state index >= 15 is 0 Å². The summed E-state index contributed by atoms with van der Waals surface area (Å²) in [5, 5.41) is 2.39. The van der Waals surface area contributed by atoms with Crippen molar-refractivity contribution in [3.63, 3.8) is 0 Å². The van der Waals surface area contributed by atoms with E-state index in [1.54, 1.807) is 0 Å². The van der Waals surface area contributed by atoms with Gasteiger partial charge >= 0.3 is 6.18 Å². The van der Waals surface area contributed by atoms with Gasteiger partial charge in [-0.15, -0.1) is 0 Å². The van der Waals surface area contributed by atoms with E-state index in [9.17, 15) is 18.0 Å². The van der Waals surface area contributed by atoms with Gasteiger partial charge in [0.05, 0.1) is 17.8 Å². The number of likely N-dealkylation sites (N-methyl/N-ethyl adjacent to an activating group) is 1. The lowest BCUT2D eigenvalue weighted by atomic mass is 10.1. The molecule has 0 saturated heterocycles. The Morgan fingerprint density at radius 2 is 1.84 bits per heavy atom. The first kappa shape index (κ1) is 17.5. The summed E-state index contributed by atoms with van der Waals surface area (Å²) < 4.78 is 39.0. The quantitative estimate of drug-likeness (QED) is 0.895. The molecule has 3 nitrogen and oxygen atoms in total. The maximum atomic E-state index is 13.0. The highest BCUT2D eigenvalue weighted by molar-refractivity contribution is 5.93. The maximum absolute atomic E-state index is 13.0. The van der Waals surface area contributed by atoms with Gasteiger partial charge < -0.3 is 5.32 Å². The number of hydrogen-bond donors (Lipinski definition) is 1. The first-order valence-corrected chi connectivity index (χ1v) is 8.10. The molecule has 0 bridgehead atoms. The van der Waals surface area contributed by atoms with Crippen molar-refractivity contribution in [3.8, 4) is 0 Å². The lowest BCUT2D eigenvalue weighted by Gasteiger charge is -2.25. The van der Waals surface area contributed by atoms with Crippen LogP contribution in [0.3, 0.4) is 0 Å². The lowest BCUT2D eigenvalue weighted by Crippen LogP contribution is -2.33. The second-order valence-corrected chi connectivity index (χ2v) is 6.26. The number of halogens is 3. The number of nitrogens with zero attached hydrogens (tertiary/aromatic N) is 1. The van der Waals surface area contributed by atoms with Crippen molar-refractivity contribution in [2.24, 2.45) is 0 Å². The van der Waals surface area contributed by atoms with Crippen LogP contribution in [0.2, 0.25) is 0 Å².